The normalized spacial score (nSPS) is 31.4. The first-order chi connectivity index (χ1) is 4.39. The topological polar surface area (TPSA) is 12.4 Å². The Bertz CT molecular complexity index is 163. The van der Waals surface area contributed by atoms with Crippen molar-refractivity contribution in [1.82, 2.24) is 0 Å². The maximum Gasteiger partial charge on any atom is 0.0267 e. The van der Waals surface area contributed by atoms with E-state index in [1.165, 1.54) is 12.0 Å². The number of hydrogen-bond acceptors (Lipinski definition) is 1. The smallest absolute Gasteiger partial charge is 0.0267 e. The maximum atomic E-state index is 4.00. The summed E-state index contributed by atoms with van der Waals surface area (Å²) in [5.41, 5.74) is 1.41. The van der Waals surface area contributed by atoms with Crippen LogP contribution >= 0.6 is 0 Å². The van der Waals surface area contributed by atoms with E-state index in [9.17, 15) is 0 Å². The molecular formula is C8H11N. The highest BCUT2D eigenvalue weighted by molar-refractivity contribution is 5.72. The van der Waals surface area contributed by atoms with E-state index < -0.39 is 0 Å². The molecule has 1 aliphatic heterocycles. The standard InChI is InChI=1S/C8H11N/c1-8-4-2-3-6-9-7-5-8/h3,5-7H,2,4H2,1H3/b6-3-,8-5-,9-7-. The maximum absolute atomic E-state index is 4.00. The van der Waals surface area contributed by atoms with E-state index in [-0.39, 0.29) is 0 Å². The summed E-state index contributed by atoms with van der Waals surface area (Å²) in [6.07, 6.45) is 10.1. The molecule has 0 aromatic carbocycles. The van der Waals surface area contributed by atoms with E-state index in [1.807, 2.05) is 12.4 Å². The molecular weight excluding hydrogens is 110 g/mol. The van der Waals surface area contributed by atoms with Crippen molar-refractivity contribution in [3.8, 4) is 0 Å². The minimum absolute atomic E-state index is 1.12. The van der Waals surface area contributed by atoms with Crippen LogP contribution in [0.4, 0.5) is 0 Å². The first-order valence-electron chi connectivity index (χ1n) is 3.23. The van der Waals surface area contributed by atoms with Crippen molar-refractivity contribution in [2.75, 3.05) is 0 Å². The van der Waals surface area contributed by atoms with Crippen molar-refractivity contribution in [3.05, 3.63) is 23.9 Å². The molecule has 0 spiro atoms. The summed E-state index contributed by atoms with van der Waals surface area (Å²) in [6, 6.07) is 0. The molecule has 1 heteroatoms. The van der Waals surface area contributed by atoms with Gasteiger partial charge in [0.2, 0.25) is 0 Å². The van der Waals surface area contributed by atoms with E-state index in [0.717, 1.165) is 6.42 Å². The molecule has 0 amide bonds. The molecule has 0 fully saturated rings. The largest absolute Gasteiger partial charge is 0.265 e. The van der Waals surface area contributed by atoms with Gasteiger partial charge in [-0.05, 0) is 25.8 Å². The van der Waals surface area contributed by atoms with Crippen LogP contribution in [0.5, 0.6) is 0 Å². The van der Waals surface area contributed by atoms with E-state index in [4.69, 9.17) is 0 Å². The Balaban J connectivity index is 2.62. The second kappa shape index (κ2) is 3.23. The molecule has 0 aromatic rings. The summed E-state index contributed by atoms with van der Waals surface area (Å²) in [4.78, 5) is 4.00. The Hall–Kier alpha value is -0.850. The number of hydrogen-bond donors (Lipinski definition) is 0. The molecule has 0 N–H and O–H groups in total. The molecule has 0 radical (unpaired) electrons. The predicted octanol–water partition coefficient (Wildman–Crippen LogP) is 2.31. The lowest BCUT2D eigenvalue weighted by atomic mass is 10.1. The fraction of sp³-hybridized carbons (Fsp3) is 0.375. The summed E-state index contributed by atoms with van der Waals surface area (Å²) in [6.45, 7) is 2.13. The summed E-state index contributed by atoms with van der Waals surface area (Å²) in [5, 5.41) is 0. The zero-order chi connectivity index (χ0) is 6.53. The van der Waals surface area contributed by atoms with Gasteiger partial charge in [-0.3, -0.25) is 4.99 Å². The van der Waals surface area contributed by atoms with Crippen molar-refractivity contribution in [3.63, 3.8) is 0 Å². The molecule has 1 nitrogen and oxygen atoms in total. The summed E-state index contributed by atoms with van der Waals surface area (Å²) in [5.74, 6) is 0. The van der Waals surface area contributed by atoms with Gasteiger partial charge in [-0.1, -0.05) is 11.6 Å². The summed E-state index contributed by atoms with van der Waals surface area (Å²) >= 11 is 0. The number of allylic oxidation sites excluding steroid dienone is 3. The van der Waals surface area contributed by atoms with Gasteiger partial charge in [0.15, 0.2) is 0 Å². The Morgan fingerprint density at radius 3 is 3.33 bits per heavy atom. The molecule has 0 aromatic heterocycles. The van der Waals surface area contributed by atoms with Crippen molar-refractivity contribution < 1.29 is 0 Å². The molecule has 0 saturated heterocycles. The molecule has 0 atom stereocenters. The fourth-order valence-corrected chi connectivity index (χ4v) is 0.750. The van der Waals surface area contributed by atoms with E-state index in [2.05, 4.69) is 24.1 Å². The number of aliphatic imine (C=N–C) groups is 1. The molecule has 1 aliphatic rings. The van der Waals surface area contributed by atoms with Crippen LogP contribution < -0.4 is 0 Å². The number of rotatable bonds is 0. The number of nitrogens with zero attached hydrogens (tertiary/aromatic N) is 1. The van der Waals surface area contributed by atoms with Crippen LogP contribution in [0, 0.1) is 0 Å². The molecule has 0 unspecified atom stereocenters. The molecule has 48 valence electrons. The van der Waals surface area contributed by atoms with Gasteiger partial charge in [0, 0.05) is 12.4 Å². The second-order valence-electron chi connectivity index (χ2n) is 2.23. The minimum atomic E-state index is 1.12. The Morgan fingerprint density at radius 1 is 1.56 bits per heavy atom. The Labute approximate surface area is 55.8 Å². The van der Waals surface area contributed by atoms with Crippen LogP contribution in [0.3, 0.4) is 0 Å². The van der Waals surface area contributed by atoms with Gasteiger partial charge in [-0.15, -0.1) is 0 Å². The Kier molecular flexibility index (Phi) is 2.25. The van der Waals surface area contributed by atoms with Crippen molar-refractivity contribution in [1.29, 1.82) is 0 Å². The van der Waals surface area contributed by atoms with Gasteiger partial charge in [-0.2, -0.15) is 0 Å². The average Bonchev–Trinajstić information content (AvgIpc) is 1.79. The van der Waals surface area contributed by atoms with Gasteiger partial charge < -0.3 is 0 Å². The van der Waals surface area contributed by atoms with Crippen LogP contribution in [0.1, 0.15) is 19.8 Å². The first-order valence-corrected chi connectivity index (χ1v) is 3.23. The average molecular weight is 121 g/mol. The van der Waals surface area contributed by atoms with Crippen LogP contribution in [0.25, 0.3) is 0 Å². The van der Waals surface area contributed by atoms with Crippen LogP contribution in [-0.4, -0.2) is 6.21 Å². The van der Waals surface area contributed by atoms with Gasteiger partial charge in [0.25, 0.3) is 0 Å². The van der Waals surface area contributed by atoms with Gasteiger partial charge in [0.1, 0.15) is 0 Å². The van der Waals surface area contributed by atoms with Crippen LogP contribution in [0.2, 0.25) is 0 Å². The highest BCUT2D eigenvalue weighted by Gasteiger charge is 1.86. The first kappa shape index (κ1) is 6.27. The van der Waals surface area contributed by atoms with Crippen molar-refractivity contribution >= 4 is 6.21 Å². The van der Waals surface area contributed by atoms with Crippen LogP contribution in [0.15, 0.2) is 28.9 Å². The summed E-state index contributed by atoms with van der Waals surface area (Å²) < 4.78 is 0. The predicted molar refractivity (Wildman–Crippen MR) is 40.6 cm³/mol. The minimum Gasteiger partial charge on any atom is -0.265 e. The third kappa shape index (κ3) is 2.27. The van der Waals surface area contributed by atoms with E-state index in [0.29, 0.717) is 0 Å². The highest BCUT2D eigenvalue weighted by Crippen LogP contribution is 2.04. The SMILES string of the molecule is C/C1=C/C=N\C=C/CC1. The molecule has 1 heterocycles. The lowest BCUT2D eigenvalue weighted by Gasteiger charge is -1.95. The van der Waals surface area contributed by atoms with Crippen molar-refractivity contribution in [2.24, 2.45) is 4.99 Å². The van der Waals surface area contributed by atoms with Gasteiger partial charge >= 0.3 is 0 Å². The fourth-order valence-electron chi connectivity index (χ4n) is 0.750. The third-order valence-corrected chi connectivity index (χ3v) is 1.34. The van der Waals surface area contributed by atoms with E-state index in [1.54, 1.807) is 0 Å². The zero-order valence-corrected chi connectivity index (χ0v) is 5.67. The molecule has 9 heavy (non-hydrogen) atoms. The monoisotopic (exact) mass is 121 g/mol. The second-order valence-corrected chi connectivity index (χ2v) is 2.23. The van der Waals surface area contributed by atoms with Crippen molar-refractivity contribution in [2.45, 2.75) is 19.8 Å². The molecule has 0 aliphatic carbocycles. The molecule has 0 bridgehead atoms. The quantitative estimate of drug-likeness (QED) is 0.466. The zero-order valence-electron chi connectivity index (χ0n) is 5.67. The third-order valence-electron chi connectivity index (χ3n) is 1.34. The summed E-state index contributed by atoms with van der Waals surface area (Å²) in [7, 11) is 0. The van der Waals surface area contributed by atoms with Gasteiger partial charge in [-0.25, -0.2) is 0 Å². The lowest BCUT2D eigenvalue weighted by Crippen LogP contribution is -1.79. The molecule has 0 saturated carbocycles. The lowest BCUT2D eigenvalue weighted by molar-refractivity contribution is 0.975. The van der Waals surface area contributed by atoms with E-state index >= 15 is 0 Å². The Morgan fingerprint density at radius 2 is 2.44 bits per heavy atom. The highest BCUT2D eigenvalue weighted by atomic mass is 14.7. The molecule has 1 rings (SSSR count). The van der Waals surface area contributed by atoms with Gasteiger partial charge in [0.05, 0.1) is 0 Å². The van der Waals surface area contributed by atoms with Crippen LogP contribution in [-0.2, 0) is 0 Å².